The van der Waals surface area contributed by atoms with Crippen LogP contribution in [0.2, 0.25) is 5.02 Å². The third kappa shape index (κ3) is 3.69. The summed E-state index contributed by atoms with van der Waals surface area (Å²) in [5.74, 6) is -1.21. The SMILES string of the molecule is O=C1/C(=C/Nc2ccc(F)c(Cl)c2)S(=O)(=O)N(Cc2ccccc2)c2ccccc21. The minimum absolute atomic E-state index is 0.0766. The first-order chi connectivity index (χ1) is 14.4. The number of anilines is 2. The molecule has 30 heavy (non-hydrogen) atoms. The summed E-state index contributed by atoms with van der Waals surface area (Å²) in [6, 6.07) is 19.5. The molecule has 0 unspecified atom stereocenters. The molecule has 0 spiro atoms. The maximum Gasteiger partial charge on any atom is 0.270 e. The fourth-order valence-electron chi connectivity index (χ4n) is 3.18. The minimum atomic E-state index is -4.14. The van der Waals surface area contributed by atoms with E-state index in [1.165, 1.54) is 16.4 Å². The van der Waals surface area contributed by atoms with Gasteiger partial charge in [-0.05, 0) is 35.9 Å². The quantitative estimate of drug-likeness (QED) is 0.579. The third-order valence-electron chi connectivity index (χ3n) is 4.67. The fourth-order valence-corrected chi connectivity index (χ4v) is 4.88. The van der Waals surface area contributed by atoms with Crippen molar-refractivity contribution in [1.82, 2.24) is 0 Å². The van der Waals surface area contributed by atoms with Gasteiger partial charge in [-0.15, -0.1) is 0 Å². The molecule has 5 nitrogen and oxygen atoms in total. The number of para-hydroxylation sites is 1. The van der Waals surface area contributed by atoms with Gasteiger partial charge in [0, 0.05) is 17.5 Å². The fraction of sp³-hybridized carbons (Fsp3) is 0.0455. The molecule has 0 bridgehead atoms. The second-order valence-corrected chi connectivity index (χ2v) is 8.86. The van der Waals surface area contributed by atoms with E-state index in [0.29, 0.717) is 11.4 Å². The molecule has 0 amide bonds. The summed E-state index contributed by atoms with van der Waals surface area (Å²) in [7, 11) is -4.14. The first-order valence-electron chi connectivity index (χ1n) is 9.00. The second-order valence-electron chi connectivity index (χ2n) is 6.63. The van der Waals surface area contributed by atoms with Gasteiger partial charge in [0.1, 0.15) is 5.82 Å². The van der Waals surface area contributed by atoms with Crippen molar-refractivity contribution in [2.45, 2.75) is 6.54 Å². The molecular formula is C22H16ClFN2O3S. The number of carbonyl (C=O) groups is 1. The van der Waals surface area contributed by atoms with E-state index in [-0.39, 0.29) is 17.1 Å². The average molecular weight is 443 g/mol. The Labute approximate surface area is 178 Å². The molecule has 4 rings (SSSR count). The van der Waals surface area contributed by atoms with Crippen LogP contribution in [0.5, 0.6) is 0 Å². The molecule has 1 aliphatic rings. The Hall–Kier alpha value is -3.16. The van der Waals surface area contributed by atoms with E-state index in [0.717, 1.165) is 17.8 Å². The number of allylic oxidation sites excluding steroid dienone is 1. The van der Waals surface area contributed by atoms with E-state index in [9.17, 15) is 17.6 Å². The Bertz CT molecular complexity index is 1260. The summed E-state index contributed by atoms with van der Waals surface area (Å²) in [4.78, 5) is 12.6. The monoisotopic (exact) mass is 442 g/mol. The van der Waals surface area contributed by atoms with Gasteiger partial charge in [-0.3, -0.25) is 9.10 Å². The number of fused-ring (bicyclic) bond motifs is 1. The van der Waals surface area contributed by atoms with Crippen LogP contribution in [0.15, 0.2) is 83.9 Å². The van der Waals surface area contributed by atoms with Crippen molar-refractivity contribution < 1.29 is 17.6 Å². The molecule has 0 radical (unpaired) electrons. The number of sulfonamides is 1. The molecule has 0 aromatic heterocycles. The zero-order valence-electron chi connectivity index (χ0n) is 15.5. The lowest BCUT2D eigenvalue weighted by Crippen LogP contribution is -2.39. The van der Waals surface area contributed by atoms with E-state index in [2.05, 4.69) is 5.32 Å². The smallest absolute Gasteiger partial charge is 0.270 e. The Morgan fingerprint density at radius 2 is 1.70 bits per heavy atom. The summed E-state index contributed by atoms with van der Waals surface area (Å²) in [5, 5.41) is 2.63. The van der Waals surface area contributed by atoms with Crippen LogP contribution in [-0.2, 0) is 16.6 Å². The summed E-state index contributed by atoms with van der Waals surface area (Å²) in [5.41, 5.74) is 1.75. The van der Waals surface area contributed by atoms with Gasteiger partial charge in [0.25, 0.3) is 10.0 Å². The van der Waals surface area contributed by atoms with Gasteiger partial charge in [0.15, 0.2) is 4.91 Å². The van der Waals surface area contributed by atoms with E-state index < -0.39 is 26.5 Å². The maximum absolute atomic E-state index is 13.4. The molecule has 0 saturated carbocycles. The number of nitrogens with one attached hydrogen (secondary N) is 1. The zero-order valence-corrected chi connectivity index (χ0v) is 17.1. The lowest BCUT2D eigenvalue weighted by molar-refractivity contribution is 0.104. The highest BCUT2D eigenvalue weighted by Gasteiger charge is 2.40. The van der Waals surface area contributed by atoms with Crippen molar-refractivity contribution in [3.63, 3.8) is 0 Å². The highest BCUT2D eigenvalue weighted by molar-refractivity contribution is 7.97. The van der Waals surface area contributed by atoms with Crippen LogP contribution in [0.3, 0.4) is 0 Å². The average Bonchev–Trinajstić information content (AvgIpc) is 2.74. The normalized spacial score (nSPS) is 16.4. The molecule has 152 valence electrons. The van der Waals surface area contributed by atoms with Crippen LogP contribution in [0.25, 0.3) is 0 Å². The number of nitrogens with zero attached hydrogens (tertiary/aromatic N) is 1. The van der Waals surface area contributed by atoms with E-state index in [4.69, 9.17) is 11.6 Å². The summed E-state index contributed by atoms with van der Waals surface area (Å²) in [6.45, 7) is 0.0766. The van der Waals surface area contributed by atoms with Gasteiger partial charge in [-0.25, -0.2) is 12.8 Å². The largest absolute Gasteiger partial charge is 0.360 e. The Kier molecular flexibility index (Phi) is 5.32. The van der Waals surface area contributed by atoms with E-state index >= 15 is 0 Å². The van der Waals surface area contributed by atoms with Gasteiger partial charge in [0.05, 0.1) is 17.3 Å². The van der Waals surface area contributed by atoms with Crippen molar-refractivity contribution in [2.75, 3.05) is 9.62 Å². The van der Waals surface area contributed by atoms with Crippen LogP contribution in [0, 0.1) is 5.82 Å². The van der Waals surface area contributed by atoms with E-state index in [1.807, 2.05) is 30.3 Å². The first kappa shape index (κ1) is 20.1. The predicted molar refractivity (Wildman–Crippen MR) is 115 cm³/mol. The number of hydrogen-bond donors (Lipinski definition) is 1. The molecule has 0 atom stereocenters. The topological polar surface area (TPSA) is 66.5 Å². The molecule has 1 N–H and O–H groups in total. The van der Waals surface area contributed by atoms with Crippen LogP contribution >= 0.6 is 11.6 Å². The van der Waals surface area contributed by atoms with Gasteiger partial charge in [0.2, 0.25) is 5.78 Å². The standard InChI is InChI=1S/C22H16ClFN2O3S/c23-18-12-16(10-11-19(18)24)25-13-21-22(27)17-8-4-5-9-20(17)26(30(21,28)29)14-15-6-2-1-3-7-15/h1-13,25H,14H2/b21-13-. The second kappa shape index (κ2) is 7.93. The van der Waals surface area contributed by atoms with Crippen molar-refractivity contribution in [2.24, 2.45) is 0 Å². The number of benzene rings is 3. The summed E-state index contributed by atoms with van der Waals surface area (Å²) in [6.07, 6.45) is 1.12. The molecule has 3 aromatic carbocycles. The first-order valence-corrected chi connectivity index (χ1v) is 10.8. The van der Waals surface area contributed by atoms with Crippen LogP contribution < -0.4 is 9.62 Å². The highest BCUT2D eigenvalue weighted by Crippen LogP contribution is 2.36. The maximum atomic E-state index is 13.4. The number of ketones is 1. The third-order valence-corrected chi connectivity index (χ3v) is 6.72. The van der Waals surface area contributed by atoms with Gasteiger partial charge in [-0.1, -0.05) is 54.1 Å². The van der Waals surface area contributed by atoms with Gasteiger partial charge in [-0.2, -0.15) is 0 Å². The van der Waals surface area contributed by atoms with Crippen molar-refractivity contribution in [3.8, 4) is 0 Å². The van der Waals surface area contributed by atoms with Crippen molar-refractivity contribution in [1.29, 1.82) is 0 Å². The Morgan fingerprint density at radius 3 is 2.43 bits per heavy atom. The number of Topliss-reactive ketones (excluding diaryl/α,β-unsaturated/α-hetero) is 1. The lowest BCUT2D eigenvalue weighted by atomic mass is 10.1. The molecule has 0 saturated heterocycles. The van der Waals surface area contributed by atoms with Gasteiger partial charge < -0.3 is 5.32 Å². The number of halogens is 2. The number of hydrogen-bond acceptors (Lipinski definition) is 4. The van der Waals surface area contributed by atoms with Crippen LogP contribution in [-0.4, -0.2) is 14.2 Å². The summed E-state index contributed by atoms with van der Waals surface area (Å²) < 4.78 is 41.3. The molecule has 0 fully saturated rings. The van der Waals surface area contributed by atoms with E-state index in [1.54, 1.807) is 24.3 Å². The zero-order chi connectivity index (χ0) is 21.3. The lowest BCUT2D eigenvalue weighted by Gasteiger charge is -2.31. The molecular weight excluding hydrogens is 427 g/mol. The van der Waals surface area contributed by atoms with Crippen LogP contribution in [0.1, 0.15) is 15.9 Å². The predicted octanol–water partition coefficient (Wildman–Crippen LogP) is 4.97. The summed E-state index contributed by atoms with van der Waals surface area (Å²) >= 11 is 5.77. The minimum Gasteiger partial charge on any atom is -0.360 e. The highest BCUT2D eigenvalue weighted by atomic mass is 35.5. The van der Waals surface area contributed by atoms with Gasteiger partial charge >= 0.3 is 0 Å². The molecule has 3 aromatic rings. The number of rotatable bonds is 4. The Morgan fingerprint density at radius 1 is 1.00 bits per heavy atom. The molecule has 0 aliphatic carbocycles. The molecule has 8 heteroatoms. The van der Waals surface area contributed by atoms with Crippen molar-refractivity contribution >= 4 is 38.8 Å². The molecule has 1 aliphatic heterocycles. The molecule has 1 heterocycles. The Balaban J connectivity index is 1.77. The van der Waals surface area contributed by atoms with Crippen LogP contribution in [0.4, 0.5) is 15.8 Å². The van der Waals surface area contributed by atoms with Crippen molar-refractivity contribution in [3.05, 3.63) is 106 Å². The number of carbonyl (C=O) groups excluding carboxylic acids is 1.